The van der Waals surface area contributed by atoms with Gasteiger partial charge in [-0.1, -0.05) is 6.58 Å². The summed E-state index contributed by atoms with van der Waals surface area (Å²) >= 11 is 0. The molecule has 0 saturated carbocycles. The minimum atomic E-state index is -1.49. The van der Waals surface area contributed by atoms with E-state index in [-0.39, 0.29) is 24.9 Å². The molecule has 2 aromatic rings. The largest absolute Gasteiger partial charge is 0.351 e. The Hall–Kier alpha value is -2.77. The van der Waals surface area contributed by atoms with Gasteiger partial charge >= 0.3 is 0 Å². The summed E-state index contributed by atoms with van der Waals surface area (Å²) in [7, 11) is 1.84. The molecule has 2 aliphatic rings. The minimum Gasteiger partial charge on any atom is -0.351 e. The third-order valence-corrected chi connectivity index (χ3v) is 5.53. The zero-order valence-corrected chi connectivity index (χ0v) is 15.8. The summed E-state index contributed by atoms with van der Waals surface area (Å²) in [6.07, 6.45) is 2.79. The van der Waals surface area contributed by atoms with Crippen LogP contribution in [-0.4, -0.2) is 64.1 Å². The molecule has 0 aromatic carbocycles. The number of hydrogen-bond donors (Lipinski definition) is 0. The SMILES string of the molecule is C=CC(=O)N1CCC(c2cnc(N3C[C@@H](F)[C@@H](F)C3)cc2-c2ccn(C)n2)C1. The zero-order chi connectivity index (χ0) is 19.8. The van der Waals surface area contributed by atoms with E-state index in [9.17, 15) is 13.6 Å². The lowest BCUT2D eigenvalue weighted by Gasteiger charge is -2.20. The molecule has 8 heteroatoms. The highest BCUT2D eigenvalue weighted by molar-refractivity contribution is 5.87. The summed E-state index contributed by atoms with van der Waals surface area (Å²) in [5.74, 6) is 0.597. The van der Waals surface area contributed by atoms with Gasteiger partial charge in [-0.15, -0.1) is 0 Å². The molecule has 0 aliphatic carbocycles. The number of aryl methyl sites for hydroxylation is 1. The number of pyridine rings is 1. The molecule has 3 atom stereocenters. The smallest absolute Gasteiger partial charge is 0.245 e. The van der Waals surface area contributed by atoms with Crippen LogP contribution in [0.2, 0.25) is 0 Å². The Bertz CT molecular complexity index is 888. The van der Waals surface area contributed by atoms with Crippen LogP contribution in [0.3, 0.4) is 0 Å². The highest BCUT2D eigenvalue weighted by Gasteiger charge is 2.34. The quantitative estimate of drug-likeness (QED) is 0.757. The lowest BCUT2D eigenvalue weighted by Crippen LogP contribution is -2.26. The van der Waals surface area contributed by atoms with Crippen LogP contribution < -0.4 is 4.90 Å². The van der Waals surface area contributed by atoms with E-state index in [1.807, 2.05) is 25.4 Å². The van der Waals surface area contributed by atoms with E-state index >= 15 is 0 Å². The first-order valence-corrected chi connectivity index (χ1v) is 9.40. The van der Waals surface area contributed by atoms with Crippen molar-refractivity contribution in [3.8, 4) is 11.3 Å². The zero-order valence-electron chi connectivity index (χ0n) is 15.8. The number of aromatic nitrogens is 3. The van der Waals surface area contributed by atoms with E-state index < -0.39 is 12.3 Å². The number of amides is 1. The summed E-state index contributed by atoms with van der Waals surface area (Å²) in [4.78, 5) is 19.8. The van der Waals surface area contributed by atoms with Gasteiger partial charge < -0.3 is 9.80 Å². The van der Waals surface area contributed by atoms with Crippen LogP contribution in [-0.2, 0) is 11.8 Å². The van der Waals surface area contributed by atoms with E-state index in [0.29, 0.717) is 18.9 Å². The van der Waals surface area contributed by atoms with Crippen LogP contribution in [0.4, 0.5) is 14.6 Å². The van der Waals surface area contributed by atoms with Gasteiger partial charge in [0.25, 0.3) is 0 Å². The Morgan fingerprint density at radius 2 is 2.04 bits per heavy atom. The second-order valence-corrected chi connectivity index (χ2v) is 7.42. The fourth-order valence-corrected chi connectivity index (χ4v) is 3.99. The number of anilines is 1. The van der Waals surface area contributed by atoms with E-state index in [2.05, 4.69) is 16.7 Å². The molecule has 1 amide bonds. The summed E-state index contributed by atoms with van der Waals surface area (Å²) in [6.45, 7) is 4.81. The maximum atomic E-state index is 13.7. The molecule has 1 unspecified atom stereocenters. The molecule has 2 aromatic heterocycles. The molecule has 0 bridgehead atoms. The lowest BCUT2D eigenvalue weighted by molar-refractivity contribution is -0.125. The number of carbonyl (C=O) groups excluding carboxylic acids is 1. The summed E-state index contributed by atoms with van der Waals surface area (Å²) in [5, 5.41) is 4.51. The summed E-state index contributed by atoms with van der Waals surface area (Å²) in [6, 6.07) is 3.77. The number of hydrogen-bond acceptors (Lipinski definition) is 4. The maximum absolute atomic E-state index is 13.7. The van der Waals surface area contributed by atoms with Crippen molar-refractivity contribution in [1.29, 1.82) is 0 Å². The van der Waals surface area contributed by atoms with Crippen molar-refractivity contribution in [3.05, 3.63) is 42.7 Å². The third-order valence-electron chi connectivity index (χ3n) is 5.53. The van der Waals surface area contributed by atoms with E-state index in [1.54, 1.807) is 20.7 Å². The van der Waals surface area contributed by atoms with Crippen LogP contribution >= 0.6 is 0 Å². The van der Waals surface area contributed by atoms with Crippen LogP contribution in [0, 0.1) is 0 Å². The molecule has 2 aliphatic heterocycles. The average molecular weight is 387 g/mol. The van der Waals surface area contributed by atoms with E-state index in [4.69, 9.17) is 0 Å². The van der Waals surface area contributed by atoms with Gasteiger partial charge in [-0.3, -0.25) is 9.48 Å². The average Bonchev–Trinajstić information content (AvgIpc) is 3.42. The first-order chi connectivity index (χ1) is 13.5. The van der Waals surface area contributed by atoms with Gasteiger partial charge in [0.2, 0.25) is 5.91 Å². The normalized spacial score (nSPS) is 24.8. The molecule has 6 nitrogen and oxygen atoms in total. The van der Waals surface area contributed by atoms with Crippen molar-refractivity contribution in [1.82, 2.24) is 19.7 Å². The molecule has 4 heterocycles. The Morgan fingerprint density at radius 3 is 2.68 bits per heavy atom. The number of rotatable bonds is 4. The fourth-order valence-electron chi connectivity index (χ4n) is 3.99. The molecule has 0 N–H and O–H groups in total. The molecule has 2 fully saturated rings. The second kappa shape index (κ2) is 7.33. The second-order valence-electron chi connectivity index (χ2n) is 7.42. The van der Waals surface area contributed by atoms with Gasteiger partial charge in [0.15, 0.2) is 12.3 Å². The van der Waals surface area contributed by atoms with Crippen molar-refractivity contribution in [3.63, 3.8) is 0 Å². The minimum absolute atomic E-state index is 0.000213. The molecular formula is C20H23F2N5O. The van der Waals surface area contributed by atoms with Crippen molar-refractivity contribution in [2.45, 2.75) is 24.7 Å². The van der Waals surface area contributed by atoms with Gasteiger partial charge in [-0.2, -0.15) is 5.10 Å². The molecule has 4 rings (SSSR count). The number of likely N-dealkylation sites (tertiary alicyclic amines) is 1. The summed E-state index contributed by atoms with van der Waals surface area (Å²) in [5.41, 5.74) is 2.67. The first kappa shape index (κ1) is 18.6. The number of halogens is 2. The summed E-state index contributed by atoms with van der Waals surface area (Å²) < 4.78 is 29.0. The fraction of sp³-hybridized carbons (Fsp3) is 0.450. The van der Waals surface area contributed by atoms with Crippen molar-refractivity contribution in [2.75, 3.05) is 31.1 Å². The maximum Gasteiger partial charge on any atom is 0.245 e. The molecule has 2 saturated heterocycles. The van der Waals surface area contributed by atoms with Crippen molar-refractivity contribution < 1.29 is 13.6 Å². The first-order valence-electron chi connectivity index (χ1n) is 9.40. The topological polar surface area (TPSA) is 54.3 Å². The van der Waals surface area contributed by atoms with Crippen molar-refractivity contribution >= 4 is 11.7 Å². The van der Waals surface area contributed by atoms with Crippen LogP contribution in [0.25, 0.3) is 11.3 Å². The predicted molar refractivity (Wildman–Crippen MR) is 103 cm³/mol. The van der Waals surface area contributed by atoms with Gasteiger partial charge in [-0.05, 0) is 30.2 Å². The van der Waals surface area contributed by atoms with Gasteiger partial charge in [-0.25, -0.2) is 13.8 Å². The monoisotopic (exact) mass is 387 g/mol. The Balaban J connectivity index is 1.68. The Morgan fingerprint density at radius 1 is 1.29 bits per heavy atom. The van der Waals surface area contributed by atoms with Crippen LogP contribution in [0.1, 0.15) is 17.9 Å². The lowest BCUT2D eigenvalue weighted by atomic mass is 9.93. The molecular weight excluding hydrogens is 364 g/mol. The highest BCUT2D eigenvalue weighted by atomic mass is 19.2. The molecule has 0 radical (unpaired) electrons. The van der Waals surface area contributed by atoms with Gasteiger partial charge in [0.05, 0.1) is 18.8 Å². The van der Waals surface area contributed by atoms with Crippen LogP contribution in [0.15, 0.2) is 37.2 Å². The third kappa shape index (κ3) is 3.39. The molecule has 0 spiro atoms. The number of alkyl halides is 2. The standard InChI is InChI=1S/C20H23F2N5O/c1-3-20(28)26-7-4-13(10-26)15-9-23-19(27-11-16(21)17(22)12-27)8-14(15)18-5-6-25(2)24-18/h3,5-6,8-9,13,16-17H,1,4,7,10-12H2,2H3/t13?,16-,17+. The van der Waals surface area contributed by atoms with Gasteiger partial charge in [0.1, 0.15) is 5.82 Å². The molecule has 28 heavy (non-hydrogen) atoms. The molecule has 148 valence electrons. The highest BCUT2D eigenvalue weighted by Crippen LogP contribution is 2.36. The predicted octanol–water partition coefficient (Wildman–Crippen LogP) is 2.48. The van der Waals surface area contributed by atoms with Crippen molar-refractivity contribution in [2.24, 2.45) is 7.05 Å². The number of carbonyl (C=O) groups is 1. The van der Waals surface area contributed by atoms with E-state index in [0.717, 1.165) is 23.2 Å². The number of nitrogens with zero attached hydrogens (tertiary/aromatic N) is 5. The van der Waals surface area contributed by atoms with Crippen LogP contribution in [0.5, 0.6) is 0 Å². The Kier molecular flexibility index (Phi) is 4.87. The Labute approximate surface area is 162 Å². The van der Waals surface area contributed by atoms with Gasteiger partial charge in [0, 0.05) is 44.0 Å². The van der Waals surface area contributed by atoms with E-state index in [1.165, 1.54) is 6.08 Å².